The first kappa shape index (κ1) is 23.6. The first-order chi connectivity index (χ1) is 15.5. The average molecular weight is 589 g/mol. The van der Waals surface area contributed by atoms with E-state index in [0.717, 1.165) is 15.9 Å². The highest BCUT2D eigenvalue weighted by Gasteiger charge is 2.20. The minimum absolute atomic E-state index is 0.0347. The Balaban J connectivity index is 1.62. The molecule has 2 amide bonds. The van der Waals surface area contributed by atoms with E-state index in [9.17, 15) is 23.1 Å². The van der Waals surface area contributed by atoms with Gasteiger partial charge in [-0.1, -0.05) is 45.2 Å². The molecule has 170 valence electrons. The molecule has 0 aliphatic carbocycles. The van der Waals surface area contributed by atoms with E-state index >= 15 is 0 Å². The Hall–Kier alpha value is -2.57. The number of pyridine rings is 1. The van der Waals surface area contributed by atoms with Crippen LogP contribution in [0.1, 0.15) is 0 Å². The second kappa shape index (κ2) is 8.99. The van der Waals surface area contributed by atoms with Crippen LogP contribution in [0.2, 0.25) is 9.36 Å². The zero-order valence-corrected chi connectivity index (χ0v) is 20.9. The number of hydrogen-bond acceptors (Lipinski definition) is 6. The van der Waals surface area contributed by atoms with Crippen molar-refractivity contribution in [3.8, 4) is 11.6 Å². The molecule has 2 heterocycles. The molecule has 8 nitrogen and oxygen atoms in total. The number of sulfonamides is 1. The number of nitrogens with zero attached hydrogens (tertiary/aromatic N) is 1. The molecule has 0 atom stereocenters. The fraction of sp³-hybridized carbons (Fsp3) is 0. The van der Waals surface area contributed by atoms with Gasteiger partial charge in [-0.15, -0.1) is 11.3 Å². The lowest BCUT2D eigenvalue weighted by atomic mass is 10.1. The number of carbonyl (C=O) groups is 1. The molecular formula is C20H12BrCl2N3O5S2. The number of nitrogens with one attached hydrogen (secondary N) is 2. The van der Waals surface area contributed by atoms with Crippen molar-refractivity contribution in [2.45, 2.75) is 4.21 Å². The van der Waals surface area contributed by atoms with Crippen LogP contribution in [-0.4, -0.2) is 24.1 Å². The van der Waals surface area contributed by atoms with Gasteiger partial charge in [-0.2, -0.15) is 0 Å². The summed E-state index contributed by atoms with van der Waals surface area (Å²) in [6.07, 6.45) is 0. The molecular weight excluding hydrogens is 577 g/mol. The maximum Gasteiger partial charge on any atom is 0.333 e. The van der Waals surface area contributed by atoms with Crippen molar-refractivity contribution in [3.63, 3.8) is 0 Å². The topological polar surface area (TPSA) is 118 Å². The van der Waals surface area contributed by atoms with E-state index in [1.165, 1.54) is 36.4 Å². The molecule has 13 heteroatoms. The van der Waals surface area contributed by atoms with Gasteiger partial charge in [0.2, 0.25) is 5.88 Å². The summed E-state index contributed by atoms with van der Waals surface area (Å²) in [5, 5.41) is 14.1. The van der Waals surface area contributed by atoms with Crippen molar-refractivity contribution in [2.24, 2.45) is 0 Å². The molecule has 0 radical (unpaired) electrons. The third kappa shape index (κ3) is 4.87. The predicted molar refractivity (Wildman–Crippen MR) is 133 cm³/mol. The van der Waals surface area contributed by atoms with Crippen LogP contribution in [0.15, 0.2) is 68.1 Å². The van der Waals surface area contributed by atoms with Crippen LogP contribution in [0.25, 0.3) is 16.5 Å². The van der Waals surface area contributed by atoms with Crippen molar-refractivity contribution >= 4 is 83.0 Å². The molecule has 0 saturated carbocycles. The maximum atomic E-state index is 12.6. The van der Waals surface area contributed by atoms with Gasteiger partial charge in [0.1, 0.15) is 4.21 Å². The second-order valence-corrected chi connectivity index (χ2v) is 11.6. The van der Waals surface area contributed by atoms with Gasteiger partial charge in [0.05, 0.1) is 15.0 Å². The van der Waals surface area contributed by atoms with Crippen molar-refractivity contribution in [3.05, 3.63) is 78.8 Å². The van der Waals surface area contributed by atoms with Gasteiger partial charge in [0, 0.05) is 21.6 Å². The number of aromatic nitrogens is 1. The molecule has 0 bridgehead atoms. The number of rotatable bonds is 4. The number of fused-ring (bicyclic) bond motifs is 1. The highest BCUT2D eigenvalue weighted by atomic mass is 79.9. The summed E-state index contributed by atoms with van der Waals surface area (Å²) in [4.78, 5) is 24.8. The number of thiophene rings is 1. The van der Waals surface area contributed by atoms with Crippen molar-refractivity contribution in [2.75, 3.05) is 5.32 Å². The smallest absolute Gasteiger partial charge is 0.333 e. The van der Waals surface area contributed by atoms with Gasteiger partial charge >= 0.3 is 6.03 Å². The molecule has 0 saturated heterocycles. The third-order valence-corrected chi connectivity index (χ3v) is 8.30. The third-order valence-electron chi connectivity index (χ3n) is 4.45. The Bertz CT molecular complexity index is 1580. The summed E-state index contributed by atoms with van der Waals surface area (Å²) in [5.74, 6) is -0.306. The van der Waals surface area contributed by atoms with Crippen LogP contribution >= 0.6 is 50.5 Å². The van der Waals surface area contributed by atoms with Crippen molar-refractivity contribution < 1.29 is 18.3 Å². The molecule has 2 aromatic carbocycles. The van der Waals surface area contributed by atoms with Gasteiger partial charge in [0.15, 0.2) is 0 Å². The molecule has 0 spiro atoms. The van der Waals surface area contributed by atoms with E-state index in [2.05, 4.69) is 21.2 Å². The molecule has 33 heavy (non-hydrogen) atoms. The molecule has 0 fully saturated rings. The van der Waals surface area contributed by atoms with Crippen LogP contribution in [0.3, 0.4) is 0 Å². The van der Waals surface area contributed by atoms with Gasteiger partial charge in [0.25, 0.3) is 15.6 Å². The molecule has 3 N–H and O–H groups in total. The molecule has 4 rings (SSSR count). The fourth-order valence-corrected chi connectivity index (χ4v) is 6.06. The highest BCUT2D eigenvalue weighted by Crippen LogP contribution is 2.31. The zero-order chi connectivity index (χ0) is 23.9. The highest BCUT2D eigenvalue weighted by molar-refractivity contribution is 9.10. The van der Waals surface area contributed by atoms with Gasteiger partial charge in [-0.3, -0.25) is 4.79 Å². The number of urea groups is 1. The number of hydrogen-bond donors (Lipinski definition) is 3. The van der Waals surface area contributed by atoms with E-state index in [0.29, 0.717) is 15.2 Å². The monoisotopic (exact) mass is 587 g/mol. The number of aromatic hydroxyl groups is 1. The number of benzene rings is 2. The van der Waals surface area contributed by atoms with E-state index < -0.39 is 21.6 Å². The van der Waals surface area contributed by atoms with Crippen molar-refractivity contribution in [1.29, 1.82) is 0 Å². The largest absolute Gasteiger partial charge is 0.494 e. The normalized spacial score (nSPS) is 11.5. The number of amides is 2. The maximum absolute atomic E-state index is 12.6. The van der Waals surface area contributed by atoms with Crippen molar-refractivity contribution in [1.82, 2.24) is 9.29 Å². The van der Waals surface area contributed by atoms with Gasteiger partial charge < -0.3 is 10.4 Å². The lowest BCUT2D eigenvalue weighted by molar-refractivity contribution is 0.256. The van der Waals surface area contributed by atoms with E-state index in [4.69, 9.17) is 23.2 Å². The van der Waals surface area contributed by atoms with Crippen LogP contribution in [0, 0.1) is 0 Å². The Morgan fingerprint density at radius 1 is 1.06 bits per heavy atom. The first-order valence-corrected chi connectivity index (χ1v) is 12.8. The minimum atomic E-state index is -4.10. The SMILES string of the molecule is O=C(Nc1ccc(-n2c(O)c3cc(Br)ccc3cc2=O)c(Cl)c1)NS(=O)(=O)c1ccc(Cl)s1. The minimum Gasteiger partial charge on any atom is -0.494 e. The summed E-state index contributed by atoms with van der Waals surface area (Å²) in [6.45, 7) is 0. The number of carbonyl (C=O) groups excluding carboxylic acids is 1. The standard InChI is InChI=1S/C20H12BrCl2N3O5S2/c21-11-2-1-10-7-17(27)26(19(28)13(10)8-11)15-4-3-12(9-14(15)22)24-20(29)25-33(30,31)18-6-5-16(23)32-18/h1-9,28H,(H2,24,25,29). The molecule has 4 aromatic rings. The summed E-state index contributed by atoms with van der Waals surface area (Å²) in [5.41, 5.74) is -0.173. The van der Waals surface area contributed by atoms with Gasteiger partial charge in [-0.05, 0) is 47.9 Å². The summed E-state index contributed by atoms with van der Waals surface area (Å²) in [7, 11) is -4.10. The van der Waals surface area contributed by atoms with E-state index in [1.807, 2.05) is 4.72 Å². The Morgan fingerprint density at radius 3 is 2.48 bits per heavy atom. The van der Waals surface area contributed by atoms with Crippen LogP contribution in [0.5, 0.6) is 5.88 Å². The van der Waals surface area contributed by atoms with Gasteiger partial charge in [-0.25, -0.2) is 22.5 Å². The Kier molecular flexibility index (Phi) is 6.43. The lowest BCUT2D eigenvalue weighted by Crippen LogP contribution is -2.33. The average Bonchev–Trinajstić information content (AvgIpc) is 3.17. The fourth-order valence-electron chi connectivity index (χ4n) is 3.04. The Morgan fingerprint density at radius 2 is 1.82 bits per heavy atom. The first-order valence-electron chi connectivity index (χ1n) is 8.98. The lowest BCUT2D eigenvalue weighted by Gasteiger charge is -2.14. The predicted octanol–water partition coefficient (Wildman–Crippen LogP) is 5.34. The quantitative estimate of drug-likeness (QED) is 0.297. The van der Waals surface area contributed by atoms with E-state index in [-0.39, 0.29) is 30.8 Å². The molecule has 0 aliphatic heterocycles. The molecule has 0 aliphatic rings. The number of anilines is 1. The zero-order valence-electron chi connectivity index (χ0n) is 16.2. The van der Waals surface area contributed by atoms with E-state index in [1.54, 1.807) is 18.2 Å². The second-order valence-electron chi connectivity index (χ2n) is 6.66. The number of halogens is 3. The summed E-state index contributed by atoms with van der Waals surface area (Å²) in [6, 6.07) is 12.3. The van der Waals surface area contributed by atoms with Crippen LogP contribution < -0.4 is 15.6 Å². The Labute approximate surface area is 209 Å². The summed E-state index contributed by atoms with van der Waals surface area (Å²) >= 11 is 16.2. The van der Waals surface area contributed by atoms with Crippen LogP contribution in [-0.2, 0) is 10.0 Å². The van der Waals surface area contributed by atoms with Crippen LogP contribution in [0.4, 0.5) is 10.5 Å². The molecule has 2 aromatic heterocycles. The molecule has 0 unspecified atom stereocenters. The summed E-state index contributed by atoms with van der Waals surface area (Å²) < 4.78 is 28.3.